The van der Waals surface area contributed by atoms with Crippen molar-refractivity contribution in [3.8, 4) is 0 Å². The SMILES string of the molecule is CC(C)Cn1nncc1CC(=O)O. The minimum absolute atomic E-state index is 0.0142. The summed E-state index contributed by atoms with van der Waals surface area (Å²) in [5, 5.41) is 16.1. The molecule has 0 atom stereocenters. The summed E-state index contributed by atoms with van der Waals surface area (Å²) < 4.78 is 1.64. The summed E-state index contributed by atoms with van der Waals surface area (Å²) in [5.41, 5.74) is 0.654. The maximum Gasteiger partial charge on any atom is 0.309 e. The standard InChI is InChI=1S/C8H13N3O2/c1-6(2)5-11-7(3-8(12)13)4-9-10-11/h4,6H,3,5H2,1-2H3,(H,12,13). The normalized spacial score (nSPS) is 10.7. The Kier molecular flexibility index (Phi) is 3.00. The van der Waals surface area contributed by atoms with Crippen LogP contribution in [-0.2, 0) is 17.8 Å². The third kappa shape index (κ3) is 2.85. The van der Waals surface area contributed by atoms with Crippen molar-refractivity contribution in [2.24, 2.45) is 5.92 Å². The number of carboxylic acids is 1. The Morgan fingerprint density at radius 1 is 1.69 bits per heavy atom. The monoisotopic (exact) mass is 183 g/mol. The molecule has 5 nitrogen and oxygen atoms in total. The zero-order valence-corrected chi connectivity index (χ0v) is 7.77. The fourth-order valence-electron chi connectivity index (χ4n) is 1.07. The quantitative estimate of drug-likeness (QED) is 0.740. The molecule has 1 aromatic rings. The average molecular weight is 183 g/mol. The van der Waals surface area contributed by atoms with Crippen LogP contribution >= 0.6 is 0 Å². The second-order valence-electron chi connectivity index (χ2n) is 3.37. The molecule has 72 valence electrons. The van der Waals surface area contributed by atoms with Crippen LogP contribution in [0.25, 0.3) is 0 Å². The van der Waals surface area contributed by atoms with Crippen LogP contribution < -0.4 is 0 Å². The fourth-order valence-corrected chi connectivity index (χ4v) is 1.07. The van der Waals surface area contributed by atoms with Crippen molar-refractivity contribution >= 4 is 5.97 Å². The molecule has 13 heavy (non-hydrogen) atoms. The summed E-state index contributed by atoms with van der Waals surface area (Å²) in [5.74, 6) is -0.415. The predicted molar refractivity (Wildman–Crippen MR) is 46.2 cm³/mol. The molecular formula is C8H13N3O2. The van der Waals surface area contributed by atoms with E-state index in [0.717, 1.165) is 0 Å². The van der Waals surface area contributed by atoms with Crippen LogP contribution in [0.5, 0.6) is 0 Å². The van der Waals surface area contributed by atoms with Crippen LogP contribution in [0.15, 0.2) is 6.20 Å². The van der Waals surface area contributed by atoms with Crippen molar-refractivity contribution in [2.75, 3.05) is 0 Å². The van der Waals surface area contributed by atoms with E-state index in [9.17, 15) is 4.79 Å². The second kappa shape index (κ2) is 4.02. The lowest BCUT2D eigenvalue weighted by molar-refractivity contribution is -0.136. The first-order valence-electron chi connectivity index (χ1n) is 4.18. The molecule has 0 bridgehead atoms. The number of carbonyl (C=O) groups is 1. The number of rotatable bonds is 4. The van der Waals surface area contributed by atoms with Crippen molar-refractivity contribution in [3.05, 3.63) is 11.9 Å². The number of hydrogen-bond acceptors (Lipinski definition) is 3. The topological polar surface area (TPSA) is 68.0 Å². The lowest BCUT2D eigenvalue weighted by atomic mass is 10.2. The molecule has 0 unspecified atom stereocenters. The third-order valence-corrected chi connectivity index (χ3v) is 1.57. The predicted octanol–water partition coefficient (Wildman–Crippen LogP) is 0.561. The van der Waals surface area contributed by atoms with Gasteiger partial charge in [0.05, 0.1) is 18.3 Å². The molecule has 0 saturated heterocycles. The molecule has 0 saturated carbocycles. The Hall–Kier alpha value is -1.39. The van der Waals surface area contributed by atoms with E-state index in [1.165, 1.54) is 6.20 Å². The van der Waals surface area contributed by atoms with Gasteiger partial charge < -0.3 is 5.11 Å². The van der Waals surface area contributed by atoms with Gasteiger partial charge in [-0.25, -0.2) is 4.68 Å². The molecule has 0 amide bonds. The van der Waals surface area contributed by atoms with Gasteiger partial charge in [-0.15, -0.1) is 5.10 Å². The third-order valence-electron chi connectivity index (χ3n) is 1.57. The van der Waals surface area contributed by atoms with Crippen LogP contribution in [0, 0.1) is 5.92 Å². The molecule has 0 spiro atoms. The Labute approximate surface area is 76.4 Å². The highest BCUT2D eigenvalue weighted by atomic mass is 16.4. The molecule has 1 heterocycles. The van der Waals surface area contributed by atoms with Gasteiger partial charge in [-0.3, -0.25) is 4.79 Å². The smallest absolute Gasteiger partial charge is 0.309 e. The molecule has 0 aromatic carbocycles. The van der Waals surface area contributed by atoms with E-state index in [1.54, 1.807) is 4.68 Å². The van der Waals surface area contributed by atoms with Gasteiger partial charge in [0.15, 0.2) is 0 Å². The van der Waals surface area contributed by atoms with Gasteiger partial charge in [-0.05, 0) is 5.92 Å². The van der Waals surface area contributed by atoms with Crippen molar-refractivity contribution in [1.82, 2.24) is 15.0 Å². The zero-order valence-electron chi connectivity index (χ0n) is 7.77. The van der Waals surface area contributed by atoms with Gasteiger partial charge >= 0.3 is 5.97 Å². The largest absolute Gasteiger partial charge is 0.481 e. The van der Waals surface area contributed by atoms with Gasteiger partial charge in [-0.2, -0.15) is 0 Å². The molecule has 0 radical (unpaired) electrons. The second-order valence-corrected chi connectivity index (χ2v) is 3.37. The molecule has 0 fully saturated rings. The van der Waals surface area contributed by atoms with Gasteiger partial charge in [0.25, 0.3) is 0 Å². The Morgan fingerprint density at radius 3 is 2.92 bits per heavy atom. The molecule has 0 aliphatic heterocycles. The lowest BCUT2D eigenvalue weighted by Gasteiger charge is -2.06. The van der Waals surface area contributed by atoms with E-state index in [2.05, 4.69) is 10.3 Å². The summed E-state index contributed by atoms with van der Waals surface area (Å²) in [4.78, 5) is 10.4. The number of nitrogens with zero attached hydrogens (tertiary/aromatic N) is 3. The summed E-state index contributed by atoms with van der Waals surface area (Å²) in [6.45, 7) is 4.81. The van der Waals surface area contributed by atoms with Crippen LogP contribution in [-0.4, -0.2) is 26.1 Å². The van der Waals surface area contributed by atoms with Crippen LogP contribution in [0.1, 0.15) is 19.5 Å². The van der Waals surface area contributed by atoms with E-state index in [4.69, 9.17) is 5.11 Å². The molecule has 5 heteroatoms. The molecule has 1 aromatic heterocycles. The first-order valence-corrected chi connectivity index (χ1v) is 4.18. The first-order chi connectivity index (χ1) is 6.09. The highest BCUT2D eigenvalue weighted by Gasteiger charge is 2.08. The van der Waals surface area contributed by atoms with Gasteiger partial charge in [0, 0.05) is 6.54 Å². The Bertz CT molecular complexity index is 293. The first kappa shape index (κ1) is 9.70. The summed E-state index contributed by atoms with van der Waals surface area (Å²) in [6.07, 6.45) is 1.48. The van der Waals surface area contributed by atoms with Crippen molar-refractivity contribution < 1.29 is 9.90 Å². The summed E-state index contributed by atoms with van der Waals surface area (Å²) >= 11 is 0. The molecule has 1 N–H and O–H groups in total. The minimum atomic E-state index is -0.854. The van der Waals surface area contributed by atoms with Gasteiger partial charge in [0.1, 0.15) is 0 Å². The Balaban J connectivity index is 2.71. The number of aromatic nitrogens is 3. The Morgan fingerprint density at radius 2 is 2.38 bits per heavy atom. The maximum absolute atomic E-state index is 10.4. The number of aliphatic carboxylic acids is 1. The maximum atomic E-state index is 10.4. The molecular weight excluding hydrogens is 170 g/mol. The average Bonchev–Trinajstić information content (AvgIpc) is 2.34. The van der Waals surface area contributed by atoms with Crippen molar-refractivity contribution in [3.63, 3.8) is 0 Å². The van der Waals surface area contributed by atoms with E-state index in [0.29, 0.717) is 18.2 Å². The van der Waals surface area contributed by atoms with Crippen LogP contribution in [0.2, 0.25) is 0 Å². The van der Waals surface area contributed by atoms with E-state index in [1.807, 2.05) is 13.8 Å². The lowest BCUT2D eigenvalue weighted by Crippen LogP contribution is -2.12. The number of hydrogen-bond donors (Lipinski definition) is 1. The van der Waals surface area contributed by atoms with E-state index >= 15 is 0 Å². The molecule has 0 aliphatic carbocycles. The van der Waals surface area contributed by atoms with Crippen LogP contribution in [0.4, 0.5) is 0 Å². The summed E-state index contributed by atoms with van der Waals surface area (Å²) in [6, 6.07) is 0. The highest BCUT2D eigenvalue weighted by molar-refractivity contribution is 5.69. The summed E-state index contributed by atoms with van der Waals surface area (Å²) in [7, 11) is 0. The van der Waals surface area contributed by atoms with Gasteiger partial charge in [0.2, 0.25) is 0 Å². The van der Waals surface area contributed by atoms with Crippen LogP contribution in [0.3, 0.4) is 0 Å². The molecule has 1 rings (SSSR count). The van der Waals surface area contributed by atoms with E-state index < -0.39 is 5.97 Å². The zero-order chi connectivity index (χ0) is 9.84. The fraction of sp³-hybridized carbons (Fsp3) is 0.625. The molecule has 0 aliphatic rings. The number of carboxylic acid groups (broad SMARTS) is 1. The van der Waals surface area contributed by atoms with Crippen molar-refractivity contribution in [1.29, 1.82) is 0 Å². The van der Waals surface area contributed by atoms with Gasteiger partial charge in [-0.1, -0.05) is 19.1 Å². The van der Waals surface area contributed by atoms with Crippen molar-refractivity contribution in [2.45, 2.75) is 26.8 Å². The highest BCUT2D eigenvalue weighted by Crippen LogP contribution is 2.02. The minimum Gasteiger partial charge on any atom is -0.481 e. The van der Waals surface area contributed by atoms with E-state index in [-0.39, 0.29) is 6.42 Å².